The number of piperazine rings is 1. The van der Waals surface area contributed by atoms with E-state index in [4.69, 9.17) is 0 Å². The van der Waals surface area contributed by atoms with E-state index in [1.165, 1.54) is 6.07 Å². The summed E-state index contributed by atoms with van der Waals surface area (Å²) in [5.41, 5.74) is 1.18. The van der Waals surface area contributed by atoms with Crippen LogP contribution >= 0.6 is 0 Å². The predicted molar refractivity (Wildman–Crippen MR) is 114 cm³/mol. The van der Waals surface area contributed by atoms with E-state index in [0.717, 1.165) is 29.9 Å². The van der Waals surface area contributed by atoms with E-state index in [9.17, 15) is 22.8 Å². The van der Waals surface area contributed by atoms with Gasteiger partial charge in [0, 0.05) is 51.0 Å². The molecule has 170 valence electrons. The molecule has 0 bridgehead atoms. The molecule has 1 aromatic heterocycles. The highest BCUT2D eigenvalue weighted by molar-refractivity contribution is 6.00. The van der Waals surface area contributed by atoms with Crippen LogP contribution in [0.2, 0.25) is 0 Å². The molecule has 6 nitrogen and oxygen atoms in total. The largest absolute Gasteiger partial charge is 0.417 e. The maximum absolute atomic E-state index is 13.0. The summed E-state index contributed by atoms with van der Waals surface area (Å²) < 4.78 is 38.2. The Morgan fingerprint density at radius 2 is 1.88 bits per heavy atom. The zero-order valence-electron chi connectivity index (χ0n) is 17.8. The molecule has 3 heterocycles. The molecule has 9 heteroatoms. The molecule has 32 heavy (non-hydrogen) atoms. The lowest BCUT2D eigenvalue weighted by Crippen LogP contribution is -2.51. The predicted octanol–water partition coefficient (Wildman–Crippen LogP) is 3.36. The van der Waals surface area contributed by atoms with Crippen LogP contribution in [-0.2, 0) is 22.2 Å². The van der Waals surface area contributed by atoms with E-state index in [1.54, 1.807) is 9.80 Å². The monoisotopic (exact) mass is 446 g/mol. The molecule has 0 saturated carbocycles. The number of pyridine rings is 1. The highest BCUT2D eigenvalue weighted by atomic mass is 19.4. The minimum absolute atomic E-state index is 0.0486. The molecule has 0 unspecified atom stereocenters. The summed E-state index contributed by atoms with van der Waals surface area (Å²) in [6.45, 7) is 4.26. The summed E-state index contributed by atoms with van der Waals surface area (Å²) in [4.78, 5) is 34.8. The van der Waals surface area contributed by atoms with Crippen LogP contribution in [0.15, 0.2) is 42.6 Å². The number of aromatic nitrogens is 1. The van der Waals surface area contributed by atoms with Gasteiger partial charge in [0.25, 0.3) is 0 Å². The van der Waals surface area contributed by atoms with E-state index >= 15 is 0 Å². The van der Waals surface area contributed by atoms with E-state index in [2.05, 4.69) is 11.9 Å². The number of carbonyl (C=O) groups is 2. The summed E-state index contributed by atoms with van der Waals surface area (Å²) in [5.74, 6) is -0.0247. The van der Waals surface area contributed by atoms with Gasteiger partial charge in [0.15, 0.2) is 0 Å². The van der Waals surface area contributed by atoms with Gasteiger partial charge in [-0.15, -0.1) is 0 Å². The third kappa shape index (κ3) is 4.56. The highest BCUT2D eigenvalue weighted by Gasteiger charge is 2.38. The normalized spacial score (nSPS) is 19.6. The van der Waals surface area contributed by atoms with Gasteiger partial charge in [-0.25, -0.2) is 4.98 Å². The van der Waals surface area contributed by atoms with Gasteiger partial charge in [-0.1, -0.05) is 19.1 Å². The number of halogens is 3. The van der Waals surface area contributed by atoms with Crippen LogP contribution in [0.5, 0.6) is 0 Å². The number of hydrogen-bond donors (Lipinski definition) is 0. The Hall–Kier alpha value is -3.10. The Bertz CT molecular complexity index is 985. The van der Waals surface area contributed by atoms with Gasteiger partial charge in [0.2, 0.25) is 11.8 Å². The third-order valence-corrected chi connectivity index (χ3v) is 6.10. The van der Waals surface area contributed by atoms with E-state index in [0.29, 0.717) is 38.5 Å². The first-order valence-electron chi connectivity index (χ1n) is 10.7. The van der Waals surface area contributed by atoms with Crippen LogP contribution < -0.4 is 9.80 Å². The summed E-state index contributed by atoms with van der Waals surface area (Å²) in [5, 5.41) is 0. The molecule has 4 rings (SSSR count). The molecule has 0 N–H and O–H groups in total. The molecule has 2 amide bonds. The maximum Gasteiger partial charge on any atom is 0.417 e. The van der Waals surface area contributed by atoms with Crippen molar-refractivity contribution < 1.29 is 22.8 Å². The summed E-state index contributed by atoms with van der Waals surface area (Å²) in [6, 6.07) is 10.2. The molecule has 1 aromatic carbocycles. The van der Waals surface area contributed by atoms with Crippen LogP contribution in [0.1, 0.15) is 24.5 Å². The van der Waals surface area contributed by atoms with Crippen molar-refractivity contribution in [3.8, 4) is 0 Å². The average Bonchev–Trinajstić information content (AvgIpc) is 3.20. The van der Waals surface area contributed by atoms with Crippen molar-refractivity contribution in [2.75, 3.05) is 42.5 Å². The molecule has 2 saturated heterocycles. The van der Waals surface area contributed by atoms with Crippen LogP contribution in [-0.4, -0.2) is 54.4 Å². The standard InChI is InChI=1S/C23H25F3N4O2/c1-2-16-4-3-5-19(12-16)30-15-17(13-21(30)31)22(32)29-10-8-28(9-11-29)20-7-6-18(14-27-20)23(24,25)26/h3-7,12,14,17H,2,8-11,13,15H2,1H3/t17-/m0/s1. The number of hydrogen-bond acceptors (Lipinski definition) is 4. The molecule has 2 aliphatic heterocycles. The van der Waals surface area contributed by atoms with Crippen LogP contribution in [0.4, 0.5) is 24.7 Å². The lowest BCUT2D eigenvalue weighted by Gasteiger charge is -2.36. The first-order valence-corrected chi connectivity index (χ1v) is 10.7. The number of carbonyl (C=O) groups excluding carboxylic acids is 2. The van der Waals surface area contributed by atoms with Gasteiger partial charge >= 0.3 is 6.18 Å². The minimum Gasteiger partial charge on any atom is -0.353 e. The van der Waals surface area contributed by atoms with Crippen molar-refractivity contribution in [2.24, 2.45) is 5.92 Å². The Balaban J connectivity index is 1.35. The zero-order chi connectivity index (χ0) is 22.9. The van der Waals surface area contributed by atoms with Gasteiger partial charge in [0.1, 0.15) is 5.82 Å². The first-order chi connectivity index (χ1) is 15.3. The number of aryl methyl sites for hydroxylation is 1. The van der Waals surface area contributed by atoms with E-state index in [1.807, 2.05) is 29.2 Å². The molecule has 2 aliphatic rings. The van der Waals surface area contributed by atoms with E-state index in [-0.39, 0.29) is 24.2 Å². The second kappa shape index (κ2) is 8.80. The second-order valence-corrected chi connectivity index (χ2v) is 8.14. The van der Waals surface area contributed by atoms with Crippen LogP contribution in [0, 0.1) is 5.92 Å². The number of nitrogens with zero attached hydrogens (tertiary/aromatic N) is 4. The van der Waals surface area contributed by atoms with E-state index < -0.39 is 11.7 Å². The summed E-state index contributed by atoms with van der Waals surface area (Å²) in [6.07, 6.45) is -2.52. The summed E-state index contributed by atoms with van der Waals surface area (Å²) >= 11 is 0. The molecule has 0 aliphatic carbocycles. The van der Waals surface area contributed by atoms with Gasteiger partial charge in [-0.05, 0) is 36.2 Å². The number of alkyl halides is 3. The van der Waals surface area contributed by atoms with Crippen molar-refractivity contribution in [3.05, 3.63) is 53.7 Å². The molecule has 2 aromatic rings. The fraction of sp³-hybridized carbons (Fsp3) is 0.435. The highest BCUT2D eigenvalue weighted by Crippen LogP contribution is 2.30. The Morgan fingerprint density at radius 3 is 2.50 bits per heavy atom. The van der Waals surface area contributed by atoms with Gasteiger partial charge in [-0.3, -0.25) is 9.59 Å². The van der Waals surface area contributed by atoms with Crippen molar-refractivity contribution in [3.63, 3.8) is 0 Å². The Kier molecular flexibility index (Phi) is 6.08. The number of rotatable bonds is 4. The van der Waals surface area contributed by atoms with Gasteiger partial charge < -0.3 is 14.7 Å². The van der Waals surface area contributed by atoms with Gasteiger partial charge in [-0.2, -0.15) is 13.2 Å². The first kappa shape index (κ1) is 22.1. The smallest absolute Gasteiger partial charge is 0.353 e. The van der Waals surface area contributed by atoms with Crippen molar-refractivity contribution in [2.45, 2.75) is 25.9 Å². The Labute approximate surface area is 184 Å². The number of amides is 2. The fourth-order valence-electron chi connectivity index (χ4n) is 4.22. The maximum atomic E-state index is 13.0. The zero-order valence-corrected chi connectivity index (χ0v) is 17.8. The van der Waals surface area contributed by atoms with Crippen molar-refractivity contribution in [1.82, 2.24) is 9.88 Å². The molecule has 0 spiro atoms. The van der Waals surface area contributed by atoms with Crippen molar-refractivity contribution in [1.29, 1.82) is 0 Å². The van der Waals surface area contributed by atoms with Crippen molar-refractivity contribution >= 4 is 23.3 Å². The fourth-order valence-corrected chi connectivity index (χ4v) is 4.22. The van der Waals surface area contributed by atoms with Gasteiger partial charge in [0.05, 0.1) is 11.5 Å². The molecular formula is C23H25F3N4O2. The second-order valence-electron chi connectivity index (χ2n) is 8.14. The SMILES string of the molecule is CCc1cccc(N2C[C@@H](C(=O)N3CCN(c4ccc(C(F)(F)F)cn4)CC3)CC2=O)c1. The molecule has 0 radical (unpaired) electrons. The number of anilines is 2. The lowest BCUT2D eigenvalue weighted by molar-refractivity contribution is -0.138. The molecule has 2 fully saturated rings. The summed E-state index contributed by atoms with van der Waals surface area (Å²) in [7, 11) is 0. The van der Waals surface area contributed by atoms with Crippen LogP contribution in [0.25, 0.3) is 0 Å². The topological polar surface area (TPSA) is 56.8 Å². The van der Waals surface area contributed by atoms with Crippen LogP contribution in [0.3, 0.4) is 0 Å². The third-order valence-electron chi connectivity index (χ3n) is 6.10. The minimum atomic E-state index is -4.42. The average molecular weight is 446 g/mol. The quantitative estimate of drug-likeness (QED) is 0.723. The number of benzene rings is 1. The molecule has 1 atom stereocenters. The lowest BCUT2D eigenvalue weighted by atomic mass is 10.1. The Morgan fingerprint density at radius 1 is 1.12 bits per heavy atom. The molecular weight excluding hydrogens is 421 g/mol.